The molecule has 0 aliphatic heterocycles. The number of halogens is 3. The molecule has 2 aromatic carbocycles. The largest absolute Gasteiger partial charge is 0.479 e. The van der Waals surface area contributed by atoms with E-state index in [1.807, 2.05) is 0 Å². The second kappa shape index (κ2) is 7.56. The summed E-state index contributed by atoms with van der Waals surface area (Å²) in [6.07, 6.45) is -4.10. The molecule has 0 amide bonds. The molecule has 0 fully saturated rings. The smallest absolute Gasteiger partial charge is 0.422 e. The third-order valence-corrected chi connectivity index (χ3v) is 6.00. The van der Waals surface area contributed by atoms with Crippen molar-refractivity contribution >= 4 is 5.97 Å². The van der Waals surface area contributed by atoms with Gasteiger partial charge in [-0.05, 0) is 30.9 Å². The van der Waals surface area contributed by atoms with E-state index in [-0.39, 0.29) is 23.3 Å². The molecule has 0 radical (unpaired) electrons. The summed E-state index contributed by atoms with van der Waals surface area (Å²) in [5.74, 6) is -1.93. The maximum atomic E-state index is 14.1. The van der Waals surface area contributed by atoms with Crippen LogP contribution in [0, 0.1) is 0 Å². The van der Waals surface area contributed by atoms with Crippen molar-refractivity contribution in [2.75, 3.05) is 0 Å². The number of carboxylic acid groups (broad SMARTS) is 1. The minimum Gasteiger partial charge on any atom is -0.479 e. The van der Waals surface area contributed by atoms with Crippen molar-refractivity contribution in [3.63, 3.8) is 0 Å². The number of nitrogens with zero attached hydrogens (tertiary/aromatic N) is 2. The first-order valence-corrected chi connectivity index (χ1v) is 10.3. The van der Waals surface area contributed by atoms with Crippen LogP contribution in [0.25, 0.3) is 34.0 Å². The average molecular weight is 470 g/mol. The molecule has 5 rings (SSSR count). The third kappa shape index (κ3) is 3.38. The van der Waals surface area contributed by atoms with E-state index in [1.165, 1.54) is 25.1 Å². The van der Waals surface area contributed by atoms with Crippen molar-refractivity contribution in [1.29, 1.82) is 0 Å². The number of aliphatic hydroxyl groups is 1. The van der Waals surface area contributed by atoms with Gasteiger partial charge < -0.3 is 19.3 Å². The summed E-state index contributed by atoms with van der Waals surface area (Å²) in [7, 11) is 0. The minimum absolute atomic E-state index is 0.125. The molecule has 1 aliphatic rings. The van der Waals surface area contributed by atoms with Gasteiger partial charge in [0.1, 0.15) is 11.3 Å². The number of hydrogen-bond acceptors (Lipinski definition) is 6. The van der Waals surface area contributed by atoms with Gasteiger partial charge in [0.2, 0.25) is 0 Å². The van der Waals surface area contributed by atoms with Gasteiger partial charge in [0.05, 0.1) is 0 Å². The number of fused-ring (bicyclic) bond motifs is 3. The molecule has 7 nitrogen and oxygen atoms in total. The molecule has 2 N–H and O–H groups in total. The molecule has 1 aliphatic carbocycles. The van der Waals surface area contributed by atoms with Crippen LogP contribution < -0.4 is 0 Å². The van der Waals surface area contributed by atoms with Crippen LogP contribution >= 0.6 is 0 Å². The molecule has 174 valence electrons. The van der Waals surface area contributed by atoms with E-state index in [4.69, 9.17) is 9.05 Å². The minimum atomic E-state index is -4.76. The molecule has 0 bridgehead atoms. The quantitative estimate of drug-likeness (QED) is 0.428. The zero-order valence-electron chi connectivity index (χ0n) is 17.7. The molecule has 10 heteroatoms. The van der Waals surface area contributed by atoms with Crippen molar-refractivity contribution < 1.29 is 37.2 Å². The Kier molecular flexibility index (Phi) is 4.87. The molecule has 0 spiro atoms. The Morgan fingerprint density at radius 2 is 1.65 bits per heavy atom. The second-order valence-corrected chi connectivity index (χ2v) is 8.19. The van der Waals surface area contributed by atoms with Crippen LogP contribution in [0.15, 0.2) is 57.6 Å². The molecule has 2 aromatic heterocycles. The van der Waals surface area contributed by atoms with Crippen LogP contribution in [0.1, 0.15) is 29.2 Å². The summed E-state index contributed by atoms with van der Waals surface area (Å²) < 4.78 is 52.7. The van der Waals surface area contributed by atoms with Crippen LogP contribution in [0.2, 0.25) is 0 Å². The fourth-order valence-corrected chi connectivity index (χ4v) is 4.15. The highest BCUT2D eigenvalue weighted by molar-refractivity contribution is 5.81. The van der Waals surface area contributed by atoms with E-state index in [9.17, 15) is 28.2 Å². The normalized spacial score (nSPS) is 14.9. The molecule has 1 atom stereocenters. The van der Waals surface area contributed by atoms with Gasteiger partial charge in [-0.25, -0.2) is 4.79 Å². The summed E-state index contributed by atoms with van der Waals surface area (Å²) >= 11 is 0. The Balaban J connectivity index is 1.62. The molecular weight excluding hydrogens is 453 g/mol. The molecule has 0 saturated carbocycles. The van der Waals surface area contributed by atoms with Gasteiger partial charge in [0, 0.05) is 16.7 Å². The number of benzene rings is 2. The standard InChI is InChI=1S/C24H17F3N2O5/c1-23(32,22(30)31)14-8-10-15-13(11-14)7-9-16-18(15)28-34-21(16)19-17(24(25,26)27)20(33-29-19)12-5-3-2-4-6-12/h2-6,8,10-11,32H,7,9H2,1H3,(H,30,31)/t23-/m0/s1. The fraction of sp³-hybridized carbons (Fsp3) is 0.208. The van der Waals surface area contributed by atoms with E-state index in [0.717, 1.165) is 0 Å². The molecule has 0 saturated heterocycles. The van der Waals surface area contributed by atoms with Crippen molar-refractivity contribution in [3.05, 3.63) is 70.8 Å². The number of aromatic nitrogens is 2. The van der Waals surface area contributed by atoms with Gasteiger partial charge in [-0.1, -0.05) is 58.8 Å². The SMILES string of the molecule is C[C@@](O)(C(=O)O)c1ccc2c(c1)CCc1c-2noc1-c1noc(-c2ccccc2)c1C(F)(F)F. The molecule has 4 aromatic rings. The first kappa shape index (κ1) is 21.9. The molecule has 2 heterocycles. The Labute approximate surface area is 190 Å². The van der Waals surface area contributed by atoms with E-state index < -0.39 is 34.8 Å². The number of aliphatic carboxylic acids is 1. The summed E-state index contributed by atoms with van der Waals surface area (Å²) in [5.41, 5.74) is -1.11. The maximum absolute atomic E-state index is 14.1. The van der Waals surface area contributed by atoms with Gasteiger partial charge in [-0.3, -0.25) is 0 Å². The van der Waals surface area contributed by atoms with Crippen LogP contribution in [0.3, 0.4) is 0 Å². The highest BCUT2D eigenvalue weighted by Crippen LogP contribution is 2.46. The van der Waals surface area contributed by atoms with E-state index in [0.29, 0.717) is 28.8 Å². The Bertz CT molecular complexity index is 1400. The summed E-state index contributed by atoms with van der Waals surface area (Å²) in [6.45, 7) is 1.17. The van der Waals surface area contributed by atoms with Crippen LogP contribution in [-0.4, -0.2) is 26.5 Å². The topological polar surface area (TPSA) is 110 Å². The predicted molar refractivity (Wildman–Crippen MR) is 112 cm³/mol. The Morgan fingerprint density at radius 1 is 0.971 bits per heavy atom. The lowest BCUT2D eigenvalue weighted by atomic mass is 9.84. The summed E-state index contributed by atoms with van der Waals surface area (Å²) in [6, 6.07) is 12.5. The summed E-state index contributed by atoms with van der Waals surface area (Å²) in [5, 5.41) is 27.2. The highest BCUT2D eigenvalue weighted by atomic mass is 19.4. The van der Waals surface area contributed by atoms with Crippen molar-refractivity contribution in [2.45, 2.75) is 31.5 Å². The van der Waals surface area contributed by atoms with Gasteiger partial charge in [0.25, 0.3) is 0 Å². The lowest BCUT2D eigenvalue weighted by Crippen LogP contribution is -2.32. The zero-order chi connectivity index (χ0) is 24.3. The van der Waals surface area contributed by atoms with Crippen LogP contribution in [-0.2, 0) is 29.4 Å². The number of aryl methyl sites for hydroxylation is 1. The van der Waals surface area contributed by atoms with Crippen molar-refractivity contribution in [1.82, 2.24) is 10.3 Å². The van der Waals surface area contributed by atoms with Crippen LogP contribution in [0.4, 0.5) is 13.2 Å². The van der Waals surface area contributed by atoms with Crippen molar-refractivity contribution in [3.8, 4) is 34.0 Å². The van der Waals surface area contributed by atoms with E-state index >= 15 is 0 Å². The number of rotatable bonds is 4. The van der Waals surface area contributed by atoms with Gasteiger partial charge in [-0.2, -0.15) is 13.2 Å². The zero-order valence-corrected chi connectivity index (χ0v) is 17.7. The Hall–Kier alpha value is -3.92. The highest BCUT2D eigenvalue weighted by Gasteiger charge is 2.43. The van der Waals surface area contributed by atoms with E-state index in [1.54, 1.807) is 30.3 Å². The molecule has 34 heavy (non-hydrogen) atoms. The first-order valence-electron chi connectivity index (χ1n) is 10.3. The Morgan fingerprint density at radius 3 is 2.32 bits per heavy atom. The van der Waals surface area contributed by atoms with Crippen molar-refractivity contribution in [2.24, 2.45) is 0 Å². The maximum Gasteiger partial charge on any atom is 0.422 e. The monoisotopic (exact) mass is 470 g/mol. The number of carboxylic acids is 1. The summed E-state index contributed by atoms with van der Waals surface area (Å²) in [4.78, 5) is 11.4. The predicted octanol–water partition coefficient (Wildman–Crippen LogP) is 5.07. The second-order valence-electron chi connectivity index (χ2n) is 8.19. The first-order chi connectivity index (χ1) is 16.1. The average Bonchev–Trinajstić information content (AvgIpc) is 3.43. The third-order valence-electron chi connectivity index (χ3n) is 6.00. The van der Waals surface area contributed by atoms with Crippen LogP contribution in [0.5, 0.6) is 0 Å². The van der Waals surface area contributed by atoms with E-state index in [2.05, 4.69) is 10.3 Å². The number of hydrogen-bond donors (Lipinski definition) is 2. The number of carbonyl (C=O) groups is 1. The lowest BCUT2D eigenvalue weighted by Gasteiger charge is -2.22. The van der Waals surface area contributed by atoms with Gasteiger partial charge >= 0.3 is 12.1 Å². The lowest BCUT2D eigenvalue weighted by molar-refractivity contribution is -0.157. The van der Waals surface area contributed by atoms with Gasteiger partial charge in [-0.15, -0.1) is 0 Å². The molecular formula is C24H17F3N2O5. The number of alkyl halides is 3. The molecule has 0 unspecified atom stereocenters. The van der Waals surface area contributed by atoms with Gasteiger partial charge in [0.15, 0.2) is 22.8 Å². The fourth-order valence-electron chi connectivity index (χ4n) is 4.15.